The van der Waals surface area contributed by atoms with Gasteiger partial charge in [-0.15, -0.1) is 0 Å². The van der Waals surface area contributed by atoms with Gasteiger partial charge < -0.3 is 9.53 Å². The number of benzene rings is 1. The molecule has 0 heterocycles. The van der Waals surface area contributed by atoms with E-state index in [9.17, 15) is 4.79 Å². The number of aldehydes is 1. The van der Waals surface area contributed by atoms with E-state index in [0.717, 1.165) is 23.2 Å². The van der Waals surface area contributed by atoms with Crippen LogP contribution in [0.1, 0.15) is 36.9 Å². The third kappa shape index (κ3) is 3.07. The number of methoxy groups -OCH3 is 1. The van der Waals surface area contributed by atoms with Gasteiger partial charge in [0, 0.05) is 0 Å². The van der Waals surface area contributed by atoms with Gasteiger partial charge in [-0.1, -0.05) is 19.9 Å². The molecule has 0 aliphatic carbocycles. The molecule has 0 spiro atoms. The van der Waals surface area contributed by atoms with Crippen LogP contribution in [-0.2, 0) is 4.79 Å². The molecule has 0 N–H and O–H groups in total. The van der Waals surface area contributed by atoms with E-state index < -0.39 is 0 Å². The van der Waals surface area contributed by atoms with Crippen molar-refractivity contribution in [3.05, 3.63) is 29.3 Å². The molecule has 0 fully saturated rings. The number of hydrogen-bond acceptors (Lipinski definition) is 3. The molecule has 0 aromatic heterocycles. The summed E-state index contributed by atoms with van der Waals surface area (Å²) in [5.74, 6) is 1.26. The van der Waals surface area contributed by atoms with Gasteiger partial charge in [-0.2, -0.15) is 0 Å². The van der Waals surface area contributed by atoms with Crippen LogP contribution in [0.5, 0.6) is 5.75 Å². The Bertz CT molecular complexity index is 386. The van der Waals surface area contributed by atoms with Gasteiger partial charge in [0.15, 0.2) is 0 Å². The smallest absolute Gasteiger partial charge is 0.141 e. The molecule has 0 saturated heterocycles. The van der Waals surface area contributed by atoms with Gasteiger partial charge in [-0.05, 0) is 43.3 Å². The molecule has 1 aromatic rings. The zero-order valence-corrected chi connectivity index (χ0v) is 11.2. The Morgan fingerprint density at radius 3 is 2.35 bits per heavy atom. The Morgan fingerprint density at radius 1 is 1.29 bits per heavy atom. The molecule has 0 saturated carbocycles. The van der Waals surface area contributed by atoms with Crippen LogP contribution in [0.4, 0.5) is 0 Å². The van der Waals surface area contributed by atoms with Crippen LogP contribution in [0.2, 0.25) is 0 Å². The normalized spacial score (nSPS) is 12.9. The molecule has 1 aromatic carbocycles. The Hall–Kier alpha value is -1.35. The molecule has 0 amide bonds. The van der Waals surface area contributed by atoms with Crippen molar-refractivity contribution in [1.82, 2.24) is 4.90 Å². The number of rotatable bonds is 5. The molecule has 1 unspecified atom stereocenters. The van der Waals surface area contributed by atoms with Crippen LogP contribution in [0, 0.1) is 0 Å². The topological polar surface area (TPSA) is 29.5 Å². The third-order valence-corrected chi connectivity index (χ3v) is 2.90. The number of likely N-dealkylation sites (N-methyl/N-ethyl adjacent to an activating group) is 1. The molecule has 3 heteroatoms. The van der Waals surface area contributed by atoms with Crippen molar-refractivity contribution in [2.45, 2.75) is 25.8 Å². The first-order chi connectivity index (χ1) is 8.01. The van der Waals surface area contributed by atoms with Gasteiger partial charge >= 0.3 is 0 Å². The number of ether oxygens (including phenoxy) is 1. The van der Waals surface area contributed by atoms with Crippen LogP contribution in [0.25, 0.3) is 0 Å². The summed E-state index contributed by atoms with van der Waals surface area (Å²) < 4.78 is 5.33. The first-order valence-electron chi connectivity index (χ1n) is 5.80. The van der Waals surface area contributed by atoms with E-state index >= 15 is 0 Å². The summed E-state index contributed by atoms with van der Waals surface area (Å²) in [5, 5.41) is 0. The van der Waals surface area contributed by atoms with Crippen molar-refractivity contribution in [3.63, 3.8) is 0 Å². The van der Waals surface area contributed by atoms with Crippen LogP contribution in [0.15, 0.2) is 18.2 Å². The van der Waals surface area contributed by atoms with E-state index in [-0.39, 0.29) is 6.04 Å². The van der Waals surface area contributed by atoms with E-state index in [4.69, 9.17) is 4.74 Å². The predicted octanol–water partition coefficient (Wildman–Crippen LogP) is 2.62. The highest BCUT2D eigenvalue weighted by Gasteiger charge is 2.16. The molecule has 0 radical (unpaired) electrons. The highest BCUT2D eigenvalue weighted by atomic mass is 16.5. The summed E-state index contributed by atoms with van der Waals surface area (Å²) in [7, 11) is 5.47. The highest BCUT2D eigenvalue weighted by Crippen LogP contribution is 2.29. The summed E-state index contributed by atoms with van der Waals surface area (Å²) >= 11 is 0. The predicted molar refractivity (Wildman–Crippen MR) is 69.6 cm³/mol. The third-order valence-electron chi connectivity index (χ3n) is 2.90. The van der Waals surface area contributed by atoms with E-state index in [1.165, 1.54) is 0 Å². The fraction of sp³-hybridized carbons (Fsp3) is 0.500. The van der Waals surface area contributed by atoms with Crippen LogP contribution in [-0.4, -0.2) is 32.4 Å². The molecule has 0 aliphatic heterocycles. The molecule has 0 aliphatic rings. The summed E-state index contributed by atoms with van der Waals surface area (Å²) in [4.78, 5) is 13.0. The lowest BCUT2D eigenvalue weighted by Gasteiger charge is -2.21. The summed E-state index contributed by atoms with van der Waals surface area (Å²) in [6.45, 7) is 4.24. The second kappa shape index (κ2) is 5.82. The second-order valence-corrected chi connectivity index (χ2v) is 4.70. The average molecular weight is 235 g/mol. The fourth-order valence-electron chi connectivity index (χ4n) is 1.89. The number of hydrogen-bond donors (Lipinski definition) is 0. The van der Waals surface area contributed by atoms with Crippen LogP contribution < -0.4 is 4.74 Å². The van der Waals surface area contributed by atoms with Crippen LogP contribution >= 0.6 is 0 Å². The molecule has 1 atom stereocenters. The Morgan fingerprint density at radius 2 is 1.94 bits per heavy atom. The largest absolute Gasteiger partial charge is 0.496 e. The van der Waals surface area contributed by atoms with Gasteiger partial charge in [-0.25, -0.2) is 0 Å². The maximum Gasteiger partial charge on any atom is 0.141 e. The van der Waals surface area contributed by atoms with Crippen LogP contribution in [0.3, 0.4) is 0 Å². The Labute approximate surface area is 103 Å². The minimum absolute atomic E-state index is 0.196. The number of carbonyl (C=O) groups is 1. The molecule has 3 nitrogen and oxygen atoms in total. The Kier molecular flexibility index (Phi) is 4.70. The molecule has 94 valence electrons. The van der Waals surface area contributed by atoms with Gasteiger partial charge in [-0.3, -0.25) is 4.90 Å². The molecular weight excluding hydrogens is 214 g/mol. The maximum atomic E-state index is 11.1. The number of carbonyl (C=O) groups excluding carboxylic acids is 1. The minimum Gasteiger partial charge on any atom is -0.496 e. The molecule has 0 bridgehead atoms. The second-order valence-electron chi connectivity index (χ2n) is 4.70. The van der Waals surface area contributed by atoms with Crippen molar-refractivity contribution in [3.8, 4) is 5.75 Å². The first kappa shape index (κ1) is 13.7. The highest BCUT2D eigenvalue weighted by molar-refractivity contribution is 5.62. The lowest BCUT2D eigenvalue weighted by atomic mass is 9.96. The van der Waals surface area contributed by atoms with Crippen molar-refractivity contribution < 1.29 is 9.53 Å². The number of nitrogens with zero attached hydrogens (tertiary/aromatic N) is 1. The molecule has 17 heavy (non-hydrogen) atoms. The Balaban J connectivity index is 3.19. The van der Waals surface area contributed by atoms with Crippen molar-refractivity contribution in [2.75, 3.05) is 21.2 Å². The summed E-state index contributed by atoms with van der Waals surface area (Å²) in [5.41, 5.74) is 2.15. The SMILES string of the molecule is COc1ccc(C(C=O)N(C)C)cc1C(C)C. The lowest BCUT2D eigenvalue weighted by molar-refractivity contribution is -0.111. The van der Waals surface area contributed by atoms with Gasteiger partial charge in [0.05, 0.1) is 13.2 Å². The minimum atomic E-state index is -0.196. The zero-order valence-electron chi connectivity index (χ0n) is 11.2. The van der Waals surface area contributed by atoms with Gasteiger partial charge in [0.25, 0.3) is 0 Å². The fourth-order valence-corrected chi connectivity index (χ4v) is 1.89. The first-order valence-corrected chi connectivity index (χ1v) is 5.80. The molecular formula is C14H21NO2. The van der Waals surface area contributed by atoms with Crippen molar-refractivity contribution >= 4 is 6.29 Å². The van der Waals surface area contributed by atoms with Crippen molar-refractivity contribution in [1.29, 1.82) is 0 Å². The van der Waals surface area contributed by atoms with Gasteiger partial charge in [0.2, 0.25) is 0 Å². The van der Waals surface area contributed by atoms with Gasteiger partial charge in [0.1, 0.15) is 12.0 Å². The standard InChI is InChI=1S/C14H21NO2/c1-10(2)12-8-11(6-7-14(12)17-5)13(9-16)15(3)4/h6-10,13H,1-5H3. The molecule has 1 rings (SSSR count). The van der Waals surface area contributed by atoms with E-state index in [1.807, 2.05) is 31.1 Å². The van der Waals surface area contributed by atoms with E-state index in [0.29, 0.717) is 5.92 Å². The summed E-state index contributed by atoms with van der Waals surface area (Å²) in [6.07, 6.45) is 0.964. The summed E-state index contributed by atoms with van der Waals surface area (Å²) in [6, 6.07) is 5.75. The van der Waals surface area contributed by atoms with E-state index in [2.05, 4.69) is 19.9 Å². The quantitative estimate of drug-likeness (QED) is 0.735. The lowest BCUT2D eigenvalue weighted by Crippen LogP contribution is -2.21. The monoisotopic (exact) mass is 235 g/mol. The van der Waals surface area contributed by atoms with Crippen molar-refractivity contribution in [2.24, 2.45) is 0 Å². The van der Waals surface area contributed by atoms with E-state index in [1.54, 1.807) is 7.11 Å². The average Bonchev–Trinajstić information content (AvgIpc) is 2.29. The zero-order chi connectivity index (χ0) is 13.0. The maximum absolute atomic E-state index is 11.1.